The first kappa shape index (κ1) is 28.7. The van der Waals surface area contributed by atoms with Gasteiger partial charge < -0.3 is 34.7 Å². The van der Waals surface area contributed by atoms with Crippen LogP contribution in [0.2, 0.25) is 0 Å². The molecule has 0 radical (unpaired) electrons. The minimum atomic E-state index is -0.216. The fourth-order valence-electron chi connectivity index (χ4n) is 7.70. The Balaban J connectivity index is 0.000000149. The van der Waals surface area contributed by atoms with Gasteiger partial charge in [-0.25, -0.2) is 24.7 Å². The molecule has 8 heterocycles. The molecule has 46 heavy (non-hydrogen) atoms. The van der Waals surface area contributed by atoms with Gasteiger partial charge in [-0.1, -0.05) is 30.3 Å². The number of ether oxygens (including phenoxy) is 1. The lowest BCUT2D eigenvalue weighted by molar-refractivity contribution is -0.0246. The largest absolute Gasteiger partial charge is 0.445 e. The maximum Gasteiger partial charge on any atom is 0.410 e. The second-order valence-electron chi connectivity index (χ2n) is 13.0. The molecule has 2 atom stereocenters. The van der Waals surface area contributed by atoms with Crippen molar-refractivity contribution in [2.45, 2.75) is 56.2 Å². The highest BCUT2D eigenvalue weighted by atomic mass is 16.6. The molecule has 238 valence electrons. The van der Waals surface area contributed by atoms with E-state index in [1.54, 1.807) is 12.7 Å². The van der Waals surface area contributed by atoms with Crippen LogP contribution in [-0.2, 0) is 11.3 Å². The molecule has 9 rings (SSSR count). The lowest BCUT2D eigenvalue weighted by atomic mass is 9.78. The Morgan fingerprint density at radius 3 is 2.02 bits per heavy atom. The number of carbonyl (C=O) groups excluding carboxylic acids is 1. The van der Waals surface area contributed by atoms with Crippen LogP contribution in [0.15, 0.2) is 67.5 Å². The summed E-state index contributed by atoms with van der Waals surface area (Å²) in [5.41, 5.74) is 2.98. The van der Waals surface area contributed by atoms with Crippen molar-refractivity contribution < 1.29 is 9.53 Å². The molecule has 0 aliphatic carbocycles. The molecule has 12 heteroatoms. The van der Waals surface area contributed by atoms with Gasteiger partial charge in [0, 0.05) is 50.7 Å². The first-order valence-electron chi connectivity index (χ1n) is 16.4. The number of rotatable bonds is 4. The number of piperidine rings is 2. The highest BCUT2D eigenvalue weighted by molar-refractivity contribution is 5.88. The van der Waals surface area contributed by atoms with Crippen LogP contribution >= 0.6 is 0 Å². The first-order valence-corrected chi connectivity index (χ1v) is 16.4. The van der Waals surface area contributed by atoms with Gasteiger partial charge in [-0.15, -0.1) is 0 Å². The number of benzene rings is 1. The van der Waals surface area contributed by atoms with E-state index in [2.05, 4.69) is 51.1 Å². The van der Waals surface area contributed by atoms with E-state index in [0.29, 0.717) is 12.1 Å². The van der Waals surface area contributed by atoms with Crippen molar-refractivity contribution >= 4 is 39.8 Å². The maximum absolute atomic E-state index is 12.7. The summed E-state index contributed by atoms with van der Waals surface area (Å²) >= 11 is 0. The predicted octanol–water partition coefficient (Wildman–Crippen LogP) is 4.63. The Morgan fingerprint density at radius 1 is 0.761 bits per heavy atom. The number of H-pyrrole nitrogens is 2. The molecule has 1 amide bonds. The maximum atomic E-state index is 12.7. The summed E-state index contributed by atoms with van der Waals surface area (Å²) in [4.78, 5) is 43.2. The van der Waals surface area contributed by atoms with Gasteiger partial charge in [0.25, 0.3) is 0 Å². The number of hydrogen-bond donors (Lipinski definition) is 3. The van der Waals surface area contributed by atoms with Crippen molar-refractivity contribution in [1.29, 1.82) is 0 Å². The van der Waals surface area contributed by atoms with Crippen molar-refractivity contribution in [2.24, 2.45) is 0 Å². The van der Waals surface area contributed by atoms with Gasteiger partial charge in [-0.05, 0) is 62.8 Å². The van der Waals surface area contributed by atoms with E-state index in [-0.39, 0.29) is 11.6 Å². The summed E-state index contributed by atoms with van der Waals surface area (Å²) in [5.74, 6) is 2.02. The second kappa shape index (κ2) is 11.9. The average Bonchev–Trinajstić information content (AvgIpc) is 3.77. The van der Waals surface area contributed by atoms with E-state index in [9.17, 15) is 4.79 Å². The SMILES string of the molecule is O=C(OCc1ccccc1)N1CCC12CCCN(c1ncnc3[nH]ccc13)C2.c1nc(N2CCCC3(CCN3)C2)c2cc[nH]c2n1. The van der Waals surface area contributed by atoms with E-state index in [1.165, 1.54) is 19.3 Å². The van der Waals surface area contributed by atoms with Crippen molar-refractivity contribution in [1.82, 2.24) is 40.1 Å². The molecule has 4 aromatic heterocycles. The fraction of sp³-hybridized carbons (Fsp3) is 0.441. The summed E-state index contributed by atoms with van der Waals surface area (Å²) in [6.45, 7) is 6.12. The molecule has 4 saturated heterocycles. The lowest BCUT2D eigenvalue weighted by Crippen LogP contribution is -2.68. The number of nitrogens with zero attached hydrogens (tertiary/aromatic N) is 7. The summed E-state index contributed by atoms with van der Waals surface area (Å²) < 4.78 is 5.60. The number of carbonyl (C=O) groups is 1. The smallest absolute Gasteiger partial charge is 0.410 e. The number of likely N-dealkylation sites (tertiary alicyclic amines) is 1. The number of fused-ring (bicyclic) bond motifs is 2. The molecule has 0 saturated carbocycles. The van der Waals surface area contributed by atoms with Crippen molar-refractivity contribution in [3.63, 3.8) is 0 Å². The summed E-state index contributed by atoms with van der Waals surface area (Å²) in [6.07, 6.45) is 13.7. The summed E-state index contributed by atoms with van der Waals surface area (Å²) in [6, 6.07) is 13.9. The van der Waals surface area contributed by atoms with Crippen molar-refractivity contribution in [3.05, 3.63) is 73.1 Å². The zero-order valence-corrected chi connectivity index (χ0v) is 26.0. The Morgan fingerprint density at radius 2 is 1.41 bits per heavy atom. The summed E-state index contributed by atoms with van der Waals surface area (Å²) in [7, 11) is 0. The first-order chi connectivity index (χ1) is 22.6. The van der Waals surface area contributed by atoms with Gasteiger partial charge in [0.1, 0.15) is 42.2 Å². The molecular weight excluding hydrogens is 580 g/mol. The van der Waals surface area contributed by atoms with Gasteiger partial charge >= 0.3 is 6.09 Å². The minimum absolute atomic E-state index is 0.153. The molecule has 4 aliphatic heterocycles. The van der Waals surface area contributed by atoms with Crippen LogP contribution in [0.1, 0.15) is 44.1 Å². The van der Waals surface area contributed by atoms with Gasteiger partial charge in [0.05, 0.1) is 16.3 Å². The third-order valence-electron chi connectivity index (χ3n) is 10.3. The number of amides is 1. The number of hydrogen-bond acceptors (Lipinski definition) is 9. The zero-order chi connectivity index (χ0) is 31.0. The van der Waals surface area contributed by atoms with E-state index in [4.69, 9.17) is 4.74 Å². The van der Waals surface area contributed by atoms with E-state index >= 15 is 0 Å². The molecule has 2 spiro atoms. The standard InChI is InChI=1S/C21H23N5O2.C13H17N5/c27-20(28-13-16-5-2-1-3-6-16)26-12-9-21(26)8-4-11-25(14-21)19-17-7-10-22-18(17)23-15-24-19;1-3-13(4-6-17-13)8-18(7-1)12-10-2-5-14-11(10)15-9-16-12/h1-3,5-7,10,15H,4,8-9,11-14H2,(H,22,23,24);2,5,9,17H,1,3-4,6-8H2,(H,14,15,16). The number of aromatic amines is 2. The van der Waals surface area contributed by atoms with Crippen LogP contribution in [0, 0.1) is 0 Å². The molecule has 4 fully saturated rings. The molecule has 1 aromatic carbocycles. The van der Waals surface area contributed by atoms with Gasteiger partial charge in [-0.2, -0.15) is 0 Å². The van der Waals surface area contributed by atoms with E-state index in [1.807, 2.05) is 53.7 Å². The number of anilines is 2. The number of aromatic nitrogens is 6. The Hall–Kier alpha value is -4.71. The monoisotopic (exact) mass is 620 g/mol. The van der Waals surface area contributed by atoms with Crippen LogP contribution in [0.4, 0.5) is 16.4 Å². The Bertz CT molecular complexity index is 1820. The zero-order valence-electron chi connectivity index (χ0n) is 26.0. The highest BCUT2D eigenvalue weighted by Gasteiger charge is 2.50. The van der Waals surface area contributed by atoms with Crippen LogP contribution in [0.5, 0.6) is 0 Å². The van der Waals surface area contributed by atoms with Crippen LogP contribution in [0.3, 0.4) is 0 Å². The molecule has 3 N–H and O–H groups in total. The van der Waals surface area contributed by atoms with E-state index in [0.717, 1.165) is 97.8 Å². The minimum Gasteiger partial charge on any atom is -0.445 e. The van der Waals surface area contributed by atoms with Gasteiger partial charge in [0.2, 0.25) is 0 Å². The fourth-order valence-corrected chi connectivity index (χ4v) is 7.70. The molecule has 12 nitrogen and oxygen atoms in total. The van der Waals surface area contributed by atoms with Crippen molar-refractivity contribution in [3.8, 4) is 0 Å². The van der Waals surface area contributed by atoms with Gasteiger partial charge in [0.15, 0.2) is 0 Å². The topological polar surface area (TPSA) is 131 Å². The van der Waals surface area contributed by atoms with Crippen molar-refractivity contribution in [2.75, 3.05) is 49.1 Å². The quantitative estimate of drug-likeness (QED) is 0.263. The Kier molecular flexibility index (Phi) is 7.44. The molecule has 4 aliphatic rings. The lowest BCUT2D eigenvalue weighted by Gasteiger charge is -2.56. The van der Waals surface area contributed by atoms with E-state index < -0.39 is 0 Å². The molecule has 0 bridgehead atoms. The van der Waals surface area contributed by atoms with Crippen LogP contribution in [0.25, 0.3) is 22.1 Å². The Labute approximate surface area is 267 Å². The summed E-state index contributed by atoms with van der Waals surface area (Å²) in [5, 5.41) is 5.77. The third kappa shape index (κ3) is 5.30. The molecule has 2 unspecified atom stereocenters. The molecular formula is C34H40N10O2. The second-order valence-corrected chi connectivity index (χ2v) is 13.0. The number of nitrogens with one attached hydrogen (secondary N) is 3. The highest BCUT2D eigenvalue weighted by Crippen LogP contribution is 2.41. The molecule has 5 aromatic rings. The average molecular weight is 621 g/mol. The third-order valence-corrected chi connectivity index (χ3v) is 10.3. The van der Waals surface area contributed by atoms with Crippen LogP contribution in [-0.4, -0.2) is 91.2 Å². The van der Waals surface area contributed by atoms with Gasteiger partial charge in [-0.3, -0.25) is 0 Å². The normalized spacial score (nSPS) is 24.0. The van der Waals surface area contributed by atoms with Crippen LogP contribution < -0.4 is 15.1 Å². The predicted molar refractivity (Wildman–Crippen MR) is 177 cm³/mol.